The fourth-order valence-electron chi connectivity index (χ4n) is 2.25. The van der Waals surface area contributed by atoms with E-state index in [1.165, 1.54) is 24.3 Å². The van der Waals surface area contributed by atoms with E-state index in [0.29, 0.717) is 16.7 Å². The summed E-state index contributed by atoms with van der Waals surface area (Å²) < 4.78 is 22.9. The van der Waals surface area contributed by atoms with Crippen LogP contribution in [0.1, 0.15) is 11.1 Å². The highest BCUT2D eigenvalue weighted by Gasteiger charge is 2.31. The van der Waals surface area contributed by atoms with Crippen molar-refractivity contribution in [2.75, 3.05) is 5.32 Å². The summed E-state index contributed by atoms with van der Waals surface area (Å²) in [5.74, 6) is -0.357. The lowest BCUT2D eigenvalue weighted by Gasteiger charge is -2.11. The van der Waals surface area contributed by atoms with Gasteiger partial charge in [-0.15, -0.1) is 0 Å². The maximum atomic E-state index is 12.8. The molecular weight excluding hydrogens is 323 g/mol. The molecule has 2 aromatic carbocycles. The molecule has 3 rings (SSSR count). The number of benzene rings is 2. The molecule has 0 bridgehead atoms. The second-order valence-electron chi connectivity index (χ2n) is 4.99. The number of anilines is 1. The van der Waals surface area contributed by atoms with E-state index in [0.717, 1.165) is 5.56 Å². The van der Waals surface area contributed by atoms with E-state index >= 15 is 0 Å². The van der Waals surface area contributed by atoms with Crippen LogP contribution in [0.25, 0.3) is 0 Å². The third-order valence-corrected chi connectivity index (χ3v) is 3.84. The number of carbonyl (C=O) groups is 1. The Morgan fingerprint density at radius 1 is 1.35 bits per heavy atom. The van der Waals surface area contributed by atoms with E-state index in [1.54, 1.807) is 12.1 Å². The molecule has 0 aromatic heterocycles. The van der Waals surface area contributed by atoms with Gasteiger partial charge in [0, 0.05) is 5.46 Å². The molecule has 0 spiro atoms. The number of carbonyl (C=O) groups excluding carboxylic acids is 1. The molecule has 1 amide bonds. The Hall–Kier alpha value is -2.09. The molecule has 1 heterocycles. The van der Waals surface area contributed by atoms with Gasteiger partial charge >= 0.3 is 13.2 Å². The van der Waals surface area contributed by atoms with Crippen molar-refractivity contribution in [3.05, 3.63) is 58.4 Å². The van der Waals surface area contributed by atoms with E-state index in [-0.39, 0.29) is 24.1 Å². The number of ether oxygens (including phenoxy) is 1. The van der Waals surface area contributed by atoms with Gasteiger partial charge in [-0.25, -0.2) is 9.18 Å². The number of amides is 1. The van der Waals surface area contributed by atoms with Crippen molar-refractivity contribution in [1.29, 1.82) is 0 Å². The summed E-state index contributed by atoms with van der Waals surface area (Å²) >= 11 is 6.18. The first-order valence-electron chi connectivity index (χ1n) is 6.84. The zero-order chi connectivity index (χ0) is 16.4. The number of nitrogens with one attached hydrogen (secondary N) is 1. The first-order valence-corrected chi connectivity index (χ1v) is 7.21. The van der Waals surface area contributed by atoms with Crippen molar-refractivity contribution in [1.82, 2.24) is 0 Å². The van der Waals surface area contributed by atoms with Crippen LogP contribution in [0.2, 0.25) is 5.02 Å². The standard InChI is InChI=1S/C15H12BClFNO4/c17-14-12(6-3-10-8-23-16(21)13(10)14)19-15(20)22-7-9-1-4-11(18)5-2-9/h1-6,21H,7-8H2,(H,19,20). The average Bonchev–Trinajstić information content (AvgIpc) is 2.91. The lowest BCUT2D eigenvalue weighted by atomic mass is 9.79. The average molecular weight is 336 g/mol. The Labute approximate surface area is 137 Å². The molecule has 2 N–H and O–H groups in total. The van der Waals surface area contributed by atoms with Crippen molar-refractivity contribution in [3.8, 4) is 0 Å². The molecule has 8 heteroatoms. The van der Waals surface area contributed by atoms with E-state index in [2.05, 4.69) is 5.32 Å². The summed E-state index contributed by atoms with van der Waals surface area (Å²) in [4.78, 5) is 11.8. The third-order valence-electron chi connectivity index (χ3n) is 3.43. The fraction of sp³-hybridized carbons (Fsp3) is 0.133. The van der Waals surface area contributed by atoms with E-state index < -0.39 is 13.2 Å². The summed E-state index contributed by atoms with van der Waals surface area (Å²) in [7, 11) is -1.10. The van der Waals surface area contributed by atoms with E-state index in [4.69, 9.17) is 21.0 Å². The smallest absolute Gasteiger partial charge is 0.444 e. The second-order valence-corrected chi connectivity index (χ2v) is 5.37. The van der Waals surface area contributed by atoms with Crippen LogP contribution in [0.5, 0.6) is 0 Å². The van der Waals surface area contributed by atoms with Crippen LogP contribution >= 0.6 is 11.6 Å². The van der Waals surface area contributed by atoms with Gasteiger partial charge in [-0.2, -0.15) is 0 Å². The molecule has 0 radical (unpaired) electrons. The molecule has 0 atom stereocenters. The largest absolute Gasteiger partial charge is 0.493 e. The summed E-state index contributed by atoms with van der Waals surface area (Å²) in [6.45, 7) is 0.270. The first-order chi connectivity index (χ1) is 11.0. The molecule has 0 fully saturated rings. The minimum atomic E-state index is -1.10. The van der Waals surface area contributed by atoms with Crippen LogP contribution in [0, 0.1) is 5.82 Å². The van der Waals surface area contributed by atoms with Crippen LogP contribution in [0.4, 0.5) is 14.9 Å². The molecule has 118 valence electrons. The van der Waals surface area contributed by atoms with E-state index in [9.17, 15) is 14.2 Å². The minimum Gasteiger partial charge on any atom is -0.444 e. The maximum absolute atomic E-state index is 12.8. The topological polar surface area (TPSA) is 67.8 Å². The zero-order valence-electron chi connectivity index (χ0n) is 11.9. The highest BCUT2D eigenvalue weighted by atomic mass is 35.5. The van der Waals surface area contributed by atoms with Crippen LogP contribution < -0.4 is 10.8 Å². The number of hydrogen-bond acceptors (Lipinski definition) is 4. The molecule has 1 aliphatic heterocycles. The summed E-state index contributed by atoms with van der Waals surface area (Å²) in [5.41, 5.74) is 2.19. The second kappa shape index (κ2) is 6.58. The summed E-state index contributed by atoms with van der Waals surface area (Å²) in [5, 5.41) is 12.4. The van der Waals surface area contributed by atoms with Crippen molar-refractivity contribution in [2.45, 2.75) is 13.2 Å². The third kappa shape index (κ3) is 3.47. The molecule has 2 aromatic rings. The van der Waals surface area contributed by atoms with Gasteiger partial charge in [0.05, 0.1) is 17.3 Å². The van der Waals surface area contributed by atoms with Crippen LogP contribution in [-0.2, 0) is 22.6 Å². The Morgan fingerprint density at radius 2 is 2.09 bits per heavy atom. The van der Waals surface area contributed by atoms with Gasteiger partial charge in [-0.05, 0) is 29.3 Å². The Balaban J connectivity index is 1.64. The summed E-state index contributed by atoms with van der Waals surface area (Å²) in [6.07, 6.45) is -0.704. The van der Waals surface area contributed by atoms with Crippen LogP contribution in [-0.4, -0.2) is 18.2 Å². The van der Waals surface area contributed by atoms with Gasteiger partial charge in [-0.3, -0.25) is 5.32 Å². The van der Waals surface area contributed by atoms with Gasteiger partial charge in [0.2, 0.25) is 0 Å². The highest BCUT2D eigenvalue weighted by molar-refractivity contribution is 6.66. The predicted molar refractivity (Wildman–Crippen MR) is 84.1 cm³/mol. The number of fused-ring (bicyclic) bond motifs is 1. The van der Waals surface area contributed by atoms with Crippen molar-refractivity contribution >= 4 is 36.0 Å². The highest BCUT2D eigenvalue weighted by Crippen LogP contribution is 2.25. The van der Waals surface area contributed by atoms with Crippen LogP contribution in [0.3, 0.4) is 0 Å². The SMILES string of the molecule is O=C(Nc1ccc2c(c1Cl)B(O)OC2)OCc1ccc(F)cc1. The molecule has 0 unspecified atom stereocenters. The normalized spacial score (nSPS) is 12.9. The molecule has 0 saturated carbocycles. The maximum Gasteiger partial charge on any atom is 0.493 e. The van der Waals surface area contributed by atoms with Crippen molar-refractivity contribution in [3.63, 3.8) is 0 Å². The lowest BCUT2D eigenvalue weighted by Crippen LogP contribution is -2.30. The Morgan fingerprint density at radius 3 is 2.83 bits per heavy atom. The molecule has 0 aliphatic carbocycles. The van der Waals surface area contributed by atoms with Crippen LogP contribution in [0.15, 0.2) is 36.4 Å². The fourth-order valence-corrected chi connectivity index (χ4v) is 2.57. The summed E-state index contributed by atoms with van der Waals surface area (Å²) in [6, 6.07) is 8.96. The zero-order valence-corrected chi connectivity index (χ0v) is 12.6. The molecule has 23 heavy (non-hydrogen) atoms. The monoisotopic (exact) mass is 335 g/mol. The molecule has 0 saturated heterocycles. The van der Waals surface area contributed by atoms with Gasteiger partial charge in [-0.1, -0.05) is 29.8 Å². The number of hydrogen-bond donors (Lipinski definition) is 2. The Kier molecular flexibility index (Phi) is 4.52. The minimum absolute atomic E-state index is 0.000406. The molecule has 1 aliphatic rings. The van der Waals surface area contributed by atoms with E-state index in [1.807, 2.05) is 0 Å². The van der Waals surface area contributed by atoms with Crippen molar-refractivity contribution < 1.29 is 23.6 Å². The predicted octanol–water partition coefficient (Wildman–Crippen LogP) is 2.45. The molecule has 5 nitrogen and oxygen atoms in total. The first kappa shape index (κ1) is 15.8. The van der Waals surface area contributed by atoms with Gasteiger partial charge in [0.1, 0.15) is 12.4 Å². The number of rotatable bonds is 3. The lowest BCUT2D eigenvalue weighted by molar-refractivity contribution is 0.155. The van der Waals surface area contributed by atoms with Gasteiger partial charge in [0.15, 0.2) is 0 Å². The van der Waals surface area contributed by atoms with Gasteiger partial charge in [0.25, 0.3) is 0 Å². The van der Waals surface area contributed by atoms with Gasteiger partial charge < -0.3 is 14.4 Å². The van der Waals surface area contributed by atoms with Crippen molar-refractivity contribution in [2.24, 2.45) is 0 Å². The quantitative estimate of drug-likeness (QED) is 0.846. The Bertz CT molecular complexity index is 741. The number of halogens is 2. The molecular formula is C15H12BClFNO4.